The van der Waals surface area contributed by atoms with Crippen LogP contribution >= 0.6 is 0 Å². The van der Waals surface area contributed by atoms with Crippen LogP contribution in [0, 0.1) is 5.92 Å². The average molecular weight is 483 g/mol. The van der Waals surface area contributed by atoms with E-state index in [0.29, 0.717) is 19.8 Å². The van der Waals surface area contributed by atoms with Crippen molar-refractivity contribution in [3.63, 3.8) is 0 Å². The molecule has 4 aromatic rings. The van der Waals surface area contributed by atoms with Gasteiger partial charge in [-0.1, -0.05) is 110 Å². The summed E-state index contributed by atoms with van der Waals surface area (Å²) in [6, 6.07) is 34.8. The molecular formula is C32H34O4. The summed E-state index contributed by atoms with van der Waals surface area (Å²) >= 11 is 0. The highest BCUT2D eigenvalue weighted by Gasteiger charge is 2.44. The molecule has 36 heavy (non-hydrogen) atoms. The normalized spacial score (nSPS) is 24.1. The Labute approximate surface area is 213 Å². The van der Waals surface area contributed by atoms with Crippen molar-refractivity contribution in [3.8, 4) is 0 Å². The lowest BCUT2D eigenvalue weighted by Gasteiger charge is -2.43. The molecule has 5 rings (SSSR count). The number of benzene rings is 4. The average Bonchev–Trinajstić information content (AvgIpc) is 2.92. The molecule has 4 aromatic carbocycles. The molecule has 1 aliphatic rings. The van der Waals surface area contributed by atoms with Gasteiger partial charge in [0.1, 0.15) is 12.2 Å². The Morgan fingerprint density at radius 2 is 1.22 bits per heavy atom. The van der Waals surface area contributed by atoms with Gasteiger partial charge in [-0.15, -0.1) is 0 Å². The van der Waals surface area contributed by atoms with Gasteiger partial charge in [-0.05, 0) is 39.8 Å². The summed E-state index contributed by atoms with van der Waals surface area (Å²) in [5.41, 5.74) is 3.30. The van der Waals surface area contributed by atoms with Crippen molar-refractivity contribution in [2.24, 2.45) is 5.92 Å². The Bertz CT molecular complexity index is 1220. The van der Waals surface area contributed by atoms with E-state index >= 15 is 0 Å². The fraction of sp³-hybridized carbons (Fsp3) is 0.312. The van der Waals surface area contributed by atoms with Crippen LogP contribution in [-0.4, -0.2) is 29.5 Å². The number of rotatable bonds is 9. The summed E-state index contributed by atoms with van der Waals surface area (Å²) in [5, 5.41) is 13.9. The fourth-order valence-corrected chi connectivity index (χ4v) is 5.16. The maximum atomic E-state index is 11.5. The molecule has 0 aliphatic heterocycles. The van der Waals surface area contributed by atoms with E-state index in [4.69, 9.17) is 14.2 Å². The number of hydrogen-bond acceptors (Lipinski definition) is 4. The molecule has 0 saturated heterocycles. The quantitative estimate of drug-likeness (QED) is 0.304. The molecule has 0 bridgehead atoms. The third kappa shape index (κ3) is 5.85. The molecule has 0 unspecified atom stereocenters. The monoisotopic (exact) mass is 482 g/mol. The van der Waals surface area contributed by atoms with Crippen molar-refractivity contribution in [3.05, 3.63) is 120 Å². The maximum absolute atomic E-state index is 11.5. The highest BCUT2D eigenvalue weighted by Crippen LogP contribution is 2.33. The summed E-state index contributed by atoms with van der Waals surface area (Å²) in [7, 11) is 0. The molecule has 5 atom stereocenters. The van der Waals surface area contributed by atoms with Crippen LogP contribution in [0.2, 0.25) is 0 Å². The lowest BCUT2D eigenvalue weighted by atomic mass is 9.81. The van der Waals surface area contributed by atoms with Crippen molar-refractivity contribution in [2.75, 3.05) is 0 Å². The third-order valence-electron chi connectivity index (χ3n) is 7.11. The molecule has 0 aromatic heterocycles. The SMILES string of the molecule is C[C@@H]1C[C@@H](OCc2cccc3ccccc23)[C@H](OCc2ccccc2)[C@H](O)[C@H]1OCc1ccccc1. The minimum absolute atomic E-state index is 0.123. The number of aliphatic hydroxyl groups excluding tert-OH is 1. The first-order chi connectivity index (χ1) is 17.7. The Balaban J connectivity index is 1.32. The highest BCUT2D eigenvalue weighted by molar-refractivity contribution is 5.85. The lowest BCUT2D eigenvalue weighted by molar-refractivity contribution is -0.209. The Morgan fingerprint density at radius 1 is 0.639 bits per heavy atom. The largest absolute Gasteiger partial charge is 0.388 e. The number of ether oxygens (including phenoxy) is 3. The zero-order valence-electron chi connectivity index (χ0n) is 20.7. The van der Waals surface area contributed by atoms with Crippen LogP contribution in [0.4, 0.5) is 0 Å². The van der Waals surface area contributed by atoms with Crippen LogP contribution in [0.25, 0.3) is 10.8 Å². The van der Waals surface area contributed by atoms with Crippen LogP contribution in [0.15, 0.2) is 103 Å². The molecular weight excluding hydrogens is 448 g/mol. The van der Waals surface area contributed by atoms with Gasteiger partial charge in [-0.3, -0.25) is 0 Å². The molecule has 0 radical (unpaired) electrons. The zero-order chi connectivity index (χ0) is 24.7. The smallest absolute Gasteiger partial charge is 0.112 e. The molecule has 1 saturated carbocycles. The van der Waals surface area contributed by atoms with Crippen molar-refractivity contribution in [1.29, 1.82) is 0 Å². The van der Waals surface area contributed by atoms with Crippen LogP contribution in [0.1, 0.15) is 30.0 Å². The van der Waals surface area contributed by atoms with Gasteiger partial charge in [0.15, 0.2) is 0 Å². The van der Waals surface area contributed by atoms with Crippen molar-refractivity contribution in [1.82, 2.24) is 0 Å². The van der Waals surface area contributed by atoms with Crippen molar-refractivity contribution >= 4 is 10.8 Å². The third-order valence-corrected chi connectivity index (χ3v) is 7.11. The van der Waals surface area contributed by atoms with Gasteiger partial charge in [0.2, 0.25) is 0 Å². The molecule has 0 heterocycles. The standard InChI is InChI=1S/C32H34O4/c1-23-19-29(34-22-27-17-10-16-26-15-8-9-18-28(26)27)32(36-21-25-13-6-3-7-14-25)30(33)31(23)35-20-24-11-4-2-5-12-24/h2-18,23,29-33H,19-22H2,1H3/t23-,29-,30-,31+,32+/m1/s1. The Kier molecular flexibility index (Phi) is 8.09. The second kappa shape index (κ2) is 11.8. The van der Waals surface area contributed by atoms with Crippen LogP contribution in [0.5, 0.6) is 0 Å². The molecule has 0 amide bonds. The predicted molar refractivity (Wildman–Crippen MR) is 142 cm³/mol. The molecule has 1 aliphatic carbocycles. The van der Waals surface area contributed by atoms with Crippen LogP contribution in [-0.2, 0) is 34.0 Å². The molecule has 0 spiro atoms. The van der Waals surface area contributed by atoms with Gasteiger partial charge in [0.05, 0.1) is 32.0 Å². The zero-order valence-corrected chi connectivity index (χ0v) is 20.7. The van der Waals surface area contributed by atoms with E-state index in [2.05, 4.69) is 49.4 Å². The van der Waals surface area contributed by atoms with Gasteiger partial charge in [-0.2, -0.15) is 0 Å². The summed E-state index contributed by atoms with van der Waals surface area (Å²) in [5.74, 6) is 0.123. The van der Waals surface area contributed by atoms with E-state index in [1.54, 1.807) is 0 Å². The van der Waals surface area contributed by atoms with Crippen LogP contribution in [0.3, 0.4) is 0 Å². The van der Waals surface area contributed by atoms with Crippen molar-refractivity contribution < 1.29 is 19.3 Å². The van der Waals surface area contributed by atoms with Gasteiger partial charge in [-0.25, -0.2) is 0 Å². The fourth-order valence-electron chi connectivity index (χ4n) is 5.16. The topological polar surface area (TPSA) is 47.9 Å². The van der Waals surface area contributed by atoms with Crippen molar-refractivity contribution in [2.45, 2.75) is 57.6 Å². The molecule has 4 nitrogen and oxygen atoms in total. The van der Waals surface area contributed by atoms with E-state index in [-0.39, 0.29) is 18.1 Å². The lowest BCUT2D eigenvalue weighted by Crippen LogP contribution is -2.55. The van der Waals surface area contributed by atoms with E-state index in [0.717, 1.165) is 23.1 Å². The molecule has 4 heteroatoms. The summed E-state index contributed by atoms with van der Waals surface area (Å²) in [6.45, 7) is 3.46. The predicted octanol–water partition coefficient (Wildman–Crippen LogP) is 6.30. The number of fused-ring (bicyclic) bond motifs is 1. The van der Waals surface area contributed by atoms with Crippen LogP contribution < -0.4 is 0 Å². The second-order valence-electron chi connectivity index (χ2n) is 9.71. The first kappa shape index (κ1) is 24.7. The van der Waals surface area contributed by atoms with E-state index < -0.39 is 12.2 Å². The maximum Gasteiger partial charge on any atom is 0.112 e. The minimum Gasteiger partial charge on any atom is -0.388 e. The molecule has 1 N–H and O–H groups in total. The van der Waals surface area contributed by atoms with E-state index in [1.165, 1.54) is 10.8 Å². The van der Waals surface area contributed by atoms with Gasteiger partial charge >= 0.3 is 0 Å². The van der Waals surface area contributed by atoms with Gasteiger partial charge < -0.3 is 19.3 Å². The minimum atomic E-state index is -0.793. The summed E-state index contributed by atoms with van der Waals surface area (Å²) in [6.07, 6.45) is -1.10. The molecule has 1 fully saturated rings. The number of aliphatic hydroxyl groups is 1. The van der Waals surface area contributed by atoms with E-state index in [1.807, 2.05) is 60.7 Å². The van der Waals surface area contributed by atoms with Gasteiger partial charge in [0, 0.05) is 0 Å². The van der Waals surface area contributed by atoms with E-state index in [9.17, 15) is 5.11 Å². The Hall–Kier alpha value is -3.02. The summed E-state index contributed by atoms with van der Waals surface area (Å²) in [4.78, 5) is 0. The van der Waals surface area contributed by atoms with Gasteiger partial charge in [0.25, 0.3) is 0 Å². The Morgan fingerprint density at radius 3 is 1.92 bits per heavy atom. The first-order valence-corrected chi connectivity index (χ1v) is 12.8. The molecule has 186 valence electrons. The highest BCUT2D eigenvalue weighted by atomic mass is 16.6. The second-order valence-corrected chi connectivity index (χ2v) is 9.71. The first-order valence-electron chi connectivity index (χ1n) is 12.8. The number of hydrogen-bond donors (Lipinski definition) is 1. The summed E-state index contributed by atoms with van der Waals surface area (Å²) < 4.78 is 19.1.